The molecule has 0 saturated carbocycles. The van der Waals surface area contributed by atoms with Crippen LogP contribution in [0.25, 0.3) is 0 Å². The first-order valence-electron chi connectivity index (χ1n) is 6.04. The highest BCUT2D eigenvalue weighted by Crippen LogP contribution is 2.36. The quantitative estimate of drug-likeness (QED) is 0.917. The van der Waals surface area contributed by atoms with Crippen LogP contribution in [0.15, 0.2) is 27.4 Å². The zero-order chi connectivity index (χ0) is 13.2. The van der Waals surface area contributed by atoms with Crippen LogP contribution in [0.2, 0.25) is 0 Å². The van der Waals surface area contributed by atoms with E-state index in [1.165, 1.54) is 16.7 Å². The van der Waals surface area contributed by atoms with Crippen LogP contribution in [0.5, 0.6) is 11.5 Å². The van der Waals surface area contributed by atoms with Crippen molar-refractivity contribution in [3.05, 3.63) is 44.1 Å². The van der Waals surface area contributed by atoms with Gasteiger partial charge >= 0.3 is 0 Å². The van der Waals surface area contributed by atoms with E-state index < -0.39 is 0 Å². The summed E-state index contributed by atoms with van der Waals surface area (Å²) in [7, 11) is 0. The lowest BCUT2D eigenvalue weighted by Gasteiger charge is -2.08. The highest BCUT2D eigenvalue weighted by atomic mass is 79.9. The normalized spacial score (nSPS) is 12.9. The van der Waals surface area contributed by atoms with Gasteiger partial charge in [0.1, 0.15) is 0 Å². The van der Waals surface area contributed by atoms with Crippen molar-refractivity contribution < 1.29 is 9.47 Å². The Hall–Kier alpha value is -1.04. The van der Waals surface area contributed by atoms with Crippen LogP contribution < -0.4 is 14.8 Å². The van der Waals surface area contributed by atoms with Crippen LogP contribution in [0.4, 0.5) is 0 Å². The van der Waals surface area contributed by atoms with E-state index in [-0.39, 0.29) is 0 Å². The monoisotopic (exact) mass is 339 g/mol. The third kappa shape index (κ3) is 2.78. The molecular weight excluding hydrogens is 326 g/mol. The first kappa shape index (κ1) is 13.0. The molecule has 0 radical (unpaired) electrons. The molecule has 3 rings (SSSR count). The van der Waals surface area contributed by atoms with Gasteiger partial charge in [0.25, 0.3) is 0 Å². The summed E-state index contributed by atoms with van der Waals surface area (Å²) in [5.74, 6) is 1.64. The second-order valence-corrected chi connectivity index (χ2v) is 6.08. The number of aryl methyl sites for hydroxylation is 1. The number of halogens is 1. The summed E-state index contributed by atoms with van der Waals surface area (Å²) < 4.78 is 11.8. The van der Waals surface area contributed by atoms with Crippen molar-refractivity contribution in [1.82, 2.24) is 5.32 Å². The lowest BCUT2D eigenvalue weighted by molar-refractivity contribution is 0.174. The molecule has 0 fully saturated rings. The Morgan fingerprint density at radius 2 is 1.89 bits per heavy atom. The minimum atomic E-state index is 0.312. The Kier molecular flexibility index (Phi) is 3.77. The summed E-state index contributed by atoms with van der Waals surface area (Å²) in [6.45, 7) is 4.14. The van der Waals surface area contributed by atoms with Crippen LogP contribution in [0.3, 0.4) is 0 Å². The Morgan fingerprint density at radius 3 is 2.63 bits per heavy atom. The van der Waals surface area contributed by atoms with E-state index in [2.05, 4.69) is 38.9 Å². The molecule has 0 saturated heterocycles. The van der Waals surface area contributed by atoms with Crippen molar-refractivity contribution in [1.29, 1.82) is 0 Å². The van der Waals surface area contributed by atoms with Gasteiger partial charge in [-0.15, -0.1) is 0 Å². The van der Waals surface area contributed by atoms with Gasteiger partial charge in [0.15, 0.2) is 11.5 Å². The van der Waals surface area contributed by atoms with Crippen molar-refractivity contribution >= 4 is 27.3 Å². The Morgan fingerprint density at radius 1 is 1.16 bits per heavy atom. The molecule has 5 heteroatoms. The van der Waals surface area contributed by atoms with Crippen molar-refractivity contribution in [2.24, 2.45) is 0 Å². The summed E-state index contributed by atoms with van der Waals surface area (Å²) in [4.78, 5) is 0. The Bertz CT molecular complexity index is 597. The van der Waals surface area contributed by atoms with Crippen molar-refractivity contribution in [3.8, 4) is 11.5 Å². The van der Waals surface area contributed by atoms with Gasteiger partial charge in [-0.1, -0.05) is 15.9 Å². The van der Waals surface area contributed by atoms with Crippen molar-refractivity contribution in [2.75, 3.05) is 6.79 Å². The van der Waals surface area contributed by atoms with E-state index in [4.69, 9.17) is 9.47 Å². The molecule has 2 heterocycles. The summed E-state index contributed by atoms with van der Waals surface area (Å²) in [6.07, 6.45) is 0. The molecule has 0 atom stereocenters. The third-order valence-electron chi connectivity index (χ3n) is 3.13. The highest BCUT2D eigenvalue weighted by molar-refractivity contribution is 9.10. The molecular formula is C14H14BrNO2S. The van der Waals surface area contributed by atoms with E-state index in [0.29, 0.717) is 6.79 Å². The Labute approximate surface area is 124 Å². The molecule has 1 aliphatic heterocycles. The van der Waals surface area contributed by atoms with Crippen LogP contribution in [0, 0.1) is 6.92 Å². The van der Waals surface area contributed by atoms with Gasteiger partial charge in [-0.3, -0.25) is 0 Å². The van der Waals surface area contributed by atoms with Crippen LogP contribution >= 0.6 is 27.3 Å². The summed E-state index contributed by atoms with van der Waals surface area (Å²) in [5, 5.41) is 7.82. The largest absolute Gasteiger partial charge is 0.454 e. The number of ether oxygens (including phenoxy) is 2. The molecule has 0 aliphatic carbocycles. The maximum absolute atomic E-state index is 5.40. The van der Waals surface area contributed by atoms with Gasteiger partial charge < -0.3 is 14.8 Å². The maximum Gasteiger partial charge on any atom is 0.231 e. The minimum Gasteiger partial charge on any atom is -0.454 e. The first-order chi connectivity index (χ1) is 9.24. The molecule has 3 nitrogen and oxygen atoms in total. The summed E-state index contributed by atoms with van der Waals surface area (Å²) >= 11 is 5.32. The summed E-state index contributed by atoms with van der Waals surface area (Å²) in [6, 6.07) is 4.00. The van der Waals surface area contributed by atoms with Gasteiger partial charge in [0.2, 0.25) is 6.79 Å². The molecule has 0 amide bonds. The standard InChI is InChI=1S/C14H14BrNO2S/c1-9-6-19-7-11(9)5-16-4-10-2-13-14(3-12(10)15)18-8-17-13/h2-3,6-7,16H,4-5,8H2,1H3. The second-order valence-electron chi connectivity index (χ2n) is 4.48. The lowest BCUT2D eigenvalue weighted by Crippen LogP contribution is -2.13. The van der Waals surface area contributed by atoms with Crippen LogP contribution in [0.1, 0.15) is 16.7 Å². The fourth-order valence-electron chi connectivity index (χ4n) is 1.99. The topological polar surface area (TPSA) is 30.5 Å². The van der Waals surface area contributed by atoms with Gasteiger partial charge in [0, 0.05) is 17.6 Å². The third-order valence-corrected chi connectivity index (χ3v) is 4.78. The number of fused-ring (bicyclic) bond motifs is 1. The minimum absolute atomic E-state index is 0.312. The number of hydrogen-bond donors (Lipinski definition) is 1. The van der Waals surface area contributed by atoms with Gasteiger partial charge in [-0.2, -0.15) is 11.3 Å². The average molecular weight is 340 g/mol. The van der Waals surface area contributed by atoms with Gasteiger partial charge in [-0.05, 0) is 46.5 Å². The van der Waals surface area contributed by atoms with Gasteiger partial charge in [0.05, 0.1) is 0 Å². The average Bonchev–Trinajstić information content (AvgIpc) is 2.99. The number of thiophene rings is 1. The fourth-order valence-corrected chi connectivity index (χ4v) is 3.31. The molecule has 0 bridgehead atoms. The van der Waals surface area contributed by atoms with Crippen LogP contribution in [-0.4, -0.2) is 6.79 Å². The van der Waals surface area contributed by atoms with E-state index in [1.807, 2.05) is 12.1 Å². The molecule has 0 spiro atoms. The predicted molar refractivity (Wildman–Crippen MR) is 79.9 cm³/mol. The van der Waals surface area contributed by atoms with E-state index >= 15 is 0 Å². The second kappa shape index (κ2) is 5.53. The summed E-state index contributed by atoms with van der Waals surface area (Å²) in [5.41, 5.74) is 3.89. The van der Waals surface area contributed by atoms with E-state index in [1.54, 1.807) is 11.3 Å². The molecule has 1 aromatic heterocycles. The number of hydrogen-bond acceptors (Lipinski definition) is 4. The SMILES string of the molecule is Cc1cscc1CNCc1cc2c(cc1Br)OCO2. The fraction of sp³-hybridized carbons (Fsp3) is 0.286. The Balaban J connectivity index is 1.66. The number of rotatable bonds is 4. The number of benzene rings is 1. The lowest BCUT2D eigenvalue weighted by atomic mass is 10.2. The predicted octanol–water partition coefficient (Wildman–Crippen LogP) is 3.84. The first-order valence-corrected chi connectivity index (χ1v) is 7.78. The molecule has 0 unspecified atom stereocenters. The molecule has 1 aromatic carbocycles. The van der Waals surface area contributed by atoms with Gasteiger partial charge in [-0.25, -0.2) is 0 Å². The van der Waals surface area contributed by atoms with E-state index in [0.717, 1.165) is 29.1 Å². The molecule has 1 aliphatic rings. The molecule has 2 aromatic rings. The zero-order valence-electron chi connectivity index (χ0n) is 10.5. The van der Waals surface area contributed by atoms with Crippen molar-refractivity contribution in [3.63, 3.8) is 0 Å². The van der Waals surface area contributed by atoms with E-state index in [9.17, 15) is 0 Å². The zero-order valence-corrected chi connectivity index (χ0v) is 12.9. The smallest absolute Gasteiger partial charge is 0.231 e. The van der Waals surface area contributed by atoms with Crippen molar-refractivity contribution in [2.45, 2.75) is 20.0 Å². The maximum atomic E-state index is 5.40. The molecule has 19 heavy (non-hydrogen) atoms. The number of nitrogens with one attached hydrogen (secondary N) is 1. The molecule has 1 N–H and O–H groups in total. The molecule has 100 valence electrons. The van der Waals surface area contributed by atoms with Crippen LogP contribution in [-0.2, 0) is 13.1 Å². The highest BCUT2D eigenvalue weighted by Gasteiger charge is 2.16.